The van der Waals surface area contributed by atoms with Gasteiger partial charge < -0.3 is 9.45 Å². The summed E-state index contributed by atoms with van der Waals surface area (Å²) in [4.78, 5) is 15.6. The van der Waals surface area contributed by atoms with E-state index in [1.807, 2.05) is 12.3 Å². The van der Waals surface area contributed by atoms with Gasteiger partial charge in [-0.2, -0.15) is 5.10 Å². The molecule has 0 saturated carbocycles. The molecule has 0 bridgehead atoms. The highest BCUT2D eigenvalue weighted by molar-refractivity contribution is 9.10. The van der Waals surface area contributed by atoms with Crippen LogP contribution in [0.25, 0.3) is 11.1 Å². The number of rotatable bonds is 5. The molecule has 1 aliphatic heterocycles. The summed E-state index contributed by atoms with van der Waals surface area (Å²) < 4.78 is 47.4. The largest absolute Gasteiger partial charge is 0.591 e. The van der Waals surface area contributed by atoms with E-state index in [1.54, 1.807) is 25.3 Å². The molecule has 0 radical (unpaired) electrons. The lowest BCUT2D eigenvalue weighted by atomic mass is 10.0. The maximum Gasteiger partial charge on any atom is 0.156 e. The fraction of sp³-hybridized carbons (Fsp3) is 0.269. The molecule has 5 rings (SSSR count). The van der Waals surface area contributed by atoms with Crippen LogP contribution in [0, 0.1) is 11.6 Å². The maximum absolute atomic E-state index is 14.7. The number of hydrogen-bond donors (Lipinski definition) is 0. The van der Waals surface area contributed by atoms with Gasteiger partial charge in [0.15, 0.2) is 11.6 Å². The Balaban J connectivity index is 1.41. The average Bonchev–Trinajstić information content (AvgIpc) is 3.27. The van der Waals surface area contributed by atoms with E-state index in [0.29, 0.717) is 30.9 Å². The van der Waals surface area contributed by atoms with E-state index in [2.05, 4.69) is 51.4 Å². The van der Waals surface area contributed by atoms with E-state index in [9.17, 15) is 13.3 Å². The standard InChI is InChI=1S/C26H24BrF2N7OS/c1-26(2,3)38(37)34-23(20-5-4-19(28)11-21(20)29)17-12-30-24(31-13-17)16-6-8-35(9-7-16)25-22-10-18(27)14-36(22)33-15-32-25/h4-6,10-15H,7-9H2,1-3H3. The van der Waals surface area contributed by atoms with Crippen molar-refractivity contribution in [2.24, 2.45) is 4.40 Å². The zero-order valence-corrected chi connectivity index (χ0v) is 23.3. The van der Waals surface area contributed by atoms with Gasteiger partial charge in [0.25, 0.3) is 0 Å². The summed E-state index contributed by atoms with van der Waals surface area (Å²) in [5.74, 6) is -0.129. The van der Waals surface area contributed by atoms with Crippen LogP contribution in [0.2, 0.25) is 0 Å². The second-order valence-electron chi connectivity index (χ2n) is 9.72. The van der Waals surface area contributed by atoms with Crippen LogP contribution in [-0.4, -0.2) is 52.7 Å². The van der Waals surface area contributed by atoms with Crippen molar-refractivity contribution in [2.45, 2.75) is 31.9 Å². The van der Waals surface area contributed by atoms with Crippen LogP contribution in [0.3, 0.4) is 0 Å². The first-order valence-corrected chi connectivity index (χ1v) is 13.7. The number of aromatic nitrogens is 5. The van der Waals surface area contributed by atoms with Gasteiger partial charge in [0.1, 0.15) is 45.3 Å². The van der Waals surface area contributed by atoms with Gasteiger partial charge in [0.2, 0.25) is 0 Å². The molecule has 0 spiro atoms. The first-order chi connectivity index (χ1) is 18.1. The molecule has 4 heterocycles. The normalized spacial score (nSPS) is 15.6. The Hall–Kier alpha value is -3.22. The zero-order chi connectivity index (χ0) is 27.0. The van der Waals surface area contributed by atoms with Gasteiger partial charge in [-0.05, 0) is 66.9 Å². The maximum atomic E-state index is 14.7. The van der Waals surface area contributed by atoms with Crippen molar-refractivity contribution in [3.8, 4) is 0 Å². The van der Waals surface area contributed by atoms with Crippen LogP contribution in [0.5, 0.6) is 0 Å². The summed E-state index contributed by atoms with van der Waals surface area (Å²) in [5, 5.41) is 4.25. The number of nitrogens with zero attached hydrogens (tertiary/aromatic N) is 7. The molecule has 38 heavy (non-hydrogen) atoms. The number of fused-ring (bicyclic) bond motifs is 1. The van der Waals surface area contributed by atoms with Crippen LogP contribution >= 0.6 is 15.9 Å². The highest BCUT2D eigenvalue weighted by atomic mass is 79.9. The van der Waals surface area contributed by atoms with Crippen molar-refractivity contribution in [1.82, 2.24) is 24.6 Å². The monoisotopic (exact) mass is 599 g/mol. The van der Waals surface area contributed by atoms with Crippen molar-refractivity contribution in [1.29, 1.82) is 0 Å². The minimum atomic E-state index is -1.68. The summed E-state index contributed by atoms with van der Waals surface area (Å²) in [6, 6.07) is 5.17. The predicted molar refractivity (Wildman–Crippen MR) is 147 cm³/mol. The molecule has 3 aromatic heterocycles. The van der Waals surface area contributed by atoms with E-state index in [0.717, 1.165) is 33.5 Å². The second-order valence-corrected chi connectivity index (χ2v) is 12.5. The molecule has 1 atom stereocenters. The first-order valence-electron chi connectivity index (χ1n) is 11.8. The summed E-state index contributed by atoms with van der Waals surface area (Å²) in [5.41, 5.74) is 2.40. The number of anilines is 1. The SMILES string of the molecule is CC(C)(C)[S+]([O-])N=C(c1cnc(C2=CCN(c3ncnn4cc(Br)cc34)CC2)nc1)c1ccc(F)cc1F. The van der Waals surface area contributed by atoms with E-state index in [-0.39, 0.29) is 11.3 Å². The van der Waals surface area contributed by atoms with Crippen molar-refractivity contribution in [3.05, 3.63) is 88.3 Å². The third-order valence-electron chi connectivity index (χ3n) is 5.96. The lowest BCUT2D eigenvalue weighted by molar-refractivity contribution is 0.561. The average molecular weight is 600 g/mol. The van der Waals surface area contributed by atoms with Crippen LogP contribution in [-0.2, 0) is 11.4 Å². The molecule has 4 aromatic rings. The Morgan fingerprint density at radius 1 is 1.13 bits per heavy atom. The Morgan fingerprint density at radius 2 is 1.89 bits per heavy atom. The molecule has 0 N–H and O–H groups in total. The van der Waals surface area contributed by atoms with E-state index in [1.165, 1.54) is 24.8 Å². The van der Waals surface area contributed by atoms with Crippen molar-refractivity contribution < 1.29 is 13.3 Å². The van der Waals surface area contributed by atoms with Gasteiger partial charge in [-0.25, -0.2) is 28.2 Å². The lowest BCUT2D eigenvalue weighted by Crippen LogP contribution is -2.30. The molecule has 12 heteroatoms. The summed E-state index contributed by atoms with van der Waals surface area (Å²) in [6.45, 7) is 6.64. The molecule has 1 aliphatic rings. The molecular formula is C26H24BrF2N7OS. The molecular weight excluding hydrogens is 576 g/mol. The quantitative estimate of drug-likeness (QED) is 0.232. The van der Waals surface area contributed by atoms with E-state index < -0.39 is 27.7 Å². The molecule has 0 saturated heterocycles. The Morgan fingerprint density at radius 3 is 2.55 bits per heavy atom. The molecule has 0 amide bonds. The molecule has 8 nitrogen and oxygen atoms in total. The van der Waals surface area contributed by atoms with Crippen LogP contribution < -0.4 is 4.90 Å². The minimum absolute atomic E-state index is 0.0288. The number of halogens is 3. The predicted octanol–water partition coefficient (Wildman–Crippen LogP) is 5.15. The third-order valence-corrected chi connectivity index (χ3v) is 7.79. The topological polar surface area (TPSA) is 94.6 Å². The van der Waals surface area contributed by atoms with Crippen molar-refractivity contribution in [2.75, 3.05) is 18.0 Å². The molecule has 0 fully saturated rings. The van der Waals surface area contributed by atoms with Crippen molar-refractivity contribution in [3.63, 3.8) is 0 Å². The Bertz CT molecular complexity index is 1550. The first kappa shape index (κ1) is 26.4. The molecule has 1 unspecified atom stereocenters. The molecule has 0 aliphatic carbocycles. The molecule has 196 valence electrons. The smallest absolute Gasteiger partial charge is 0.156 e. The number of hydrogen-bond acceptors (Lipinski definition) is 7. The number of benzene rings is 1. The highest BCUT2D eigenvalue weighted by Crippen LogP contribution is 2.28. The third kappa shape index (κ3) is 5.47. The van der Waals surface area contributed by atoms with Crippen LogP contribution in [0.4, 0.5) is 14.6 Å². The van der Waals surface area contributed by atoms with Crippen LogP contribution in [0.15, 0.2) is 64.1 Å². The van der Waals surface area contributed by atoms with E-state index in [4.69, 9.17) is 0 Å². The fourth-order valence-electron chi connectivity index (χ4n) is 3.97. The van der Waals surface area contributed by atoms with Gasteiger partial charge in [-0.3, -0.25) is 0 Å². The minimum Gasteiger partial charge on any atom is -0.591 e. The Kier molecular flexibility index (Phi) is 7.30. The van der Waals surface area contributed by atoms with Gasteiger partial charge in [0.05, 0.1) is 0 Å². The summed E-state index contributed by atoms with van der Waals surface area (Å²) in [6.07, 6.45) is 9.23. The summed E-state index contributed by atoms with van der Waals surface area (Å²) in [7, 11) is 0. The Labute approximate surface area is 230 Å². The van der Waals surface area contributed by atoms with Gasteiger partial charge in [-0.15, -0.1) is 0 Å². The van der Waals surface area contributed by atoms with Gasteiger partial charge in [-0.1, -0.05) is 10.5 Å². The van der Waals surface area contributed by atoms with Gasteiger partial charge >= 0.3 is 0 Å². The lowest BCUT2D eigenvalue weighted by Gasteiger charge is -2.27. The van der Waals surface area contributed by atoms with Crippen molar-refractivity contribution >= 4 is 49.9 Å². The van der Waals surface area contributed by atoms with E-state index >= 15 is 0 Å². The van der Waals surface area contributed by atoms with Crippen LogP contribution in [0.1, 0.15) is 44.1 Å². The zero-order valence-electron chi connectivity index (χ0n) is 20.9. The second kappa shape index (κ2) is 10.5. The summed E-state index contributed by atoms with van der Waals surface area (Å²) >= 11 is 1.80. The highest BCUT2D eigenvalue weighted by Gasteiger charge is 2.29. The van der Waals surface area contributed by atoms with Gasteiger partial charge in [0, 0.05) is 53.3 Å². The fourth-order valence-corrected chi connectivity index (χ4v) is 5.02. The molecule has 1 aromatic carbocycles.